The van der Waals surface area contributed by atoms with Gasteiger partial charge in [0, 0.05) is 16.6 Å². The highest BCUT2D eigenvalue weighted by Gasteiger charge is 2.10. The summed E-state index contributed by atoms with van der Waals surface area (Å²) in [6.07, 6.45) is 0. The Morgan fingerprint density at radius 3 is 2.61 bits per heavy atom. The largest absolute Gasteiger partial charge is 0.322 e. The lowest BCUT2D eigenvalue weighted by Gasteiger charge is -2.06. The van der Waals surface area contributed by atoms with E-state index in [1.165, 1.54) is 18.3 Å². The second-order valence-corrected chi connectivity index (χ2v) is 4.80. The van der Waals surface area contributed by atoms with E-state index >= 15 is 0 Å². The topological polar surface area (TPSA) is 46.2 Å². The smallest absolute Gasteiger partial charge is 0.256 e. The zero-order valence-electron chi connectivity index (χ0n) is 10.2. The molecule has 0 aliphatic heterocycles. The molecule has 1 aromatic heterocycles. The van der Waals surface area contributed by atoms with Gasteiger partial charge in [0.25, 0.3) is 5.91 Å². The maximum absolute atomic E-state index is 12.0. The minimum Gasteiger partial charge on any atom is -0.322 e. The van der Waals surface area contributed by atoms with Gasteiger partial charge in [0.15, 0.2) is 5.78 Å². The third-order valence-corrected chi connectivity index (χ3v) is 3.49. The van der Waals surface area contributed by atoms with Crippen LogP contribution >= 0.6 is 11.3 Å². The van der Waals surface area contributed by atoms with Gasteiger partial charge in [-0.25, -0.2) is 0 Å². The molecule has 0 saturated carbocycles. The van der Waals surface area contributed by atoms with Crippen molar-refractivity contribution in [1.29, 1.82) is 0 Å². The Kier molecular flexibility index (Phi) is 3.58. The molecule has 18 heavy (non-hydrogen) atoms. The van der Waals surface area contributed by atoms with Gasteiger partial charge in [-0.1, -0.05) is 12.1 Å². The molecule has 0 aliphatic rings. The highest BCUT2D eigenvalue weighted by molar-refractivity contribution is 7.08. The molecule has 2 aromatic rings. The van der Waals surface area contributed by atoms with Crippen LogP contribution in [0, 0.1) is 6.92 Å². The van der Waals surface area contributed by atoms with Crippen LogP contribution in [0.4, 0.5) is 5.69 Å². The predicted octanol–water partition coefficient (Wildman–Crippen LogP) is 3.51. The summed E-state index contributed by atoms with van der Waals surface area (Å²) in [6, 6.07) is 6.94. The zero-order valence-corrected chi connectivity index (χ0v) is 11.0. The lowest BCUT2D eigenvalue weighted by atomic mass is 10.1. The Labute approximate surface area is 109 Å². The maximum atomic E-state index is 12.0. The molecule has 1 amide bonds. The normalized spacial score (nSPS) is 10.1. The zero-order chi connectivity index (χ0) is 13.1. The molecule has 0 radical (unpaired) electrons. The van der Waals surface area contributed by atoms with Gasteiger partial charge in [0.05, 0.1) is 5.56 Å². The Bertz CT molecular complexity index is 601. The van der Waals surface area contributed by atoms with Crippen LogP contribution in [-0.2, 0) is 0 Å². The molecule has 0 unspecified atom stereocenters. The summed E-state index contributed by atoms with van der Waals surface area (Å²) >= 11 is 1.50. The van der Waals surface area contributed by atoms with E-state index in [1.807, 2.05) is 17.7 Å². The molecule has 1 heterocycles. The number of amides is 1. The van der Waals surface area contributed by atoms with E-state index in [0.717, 1.165) is 5.56 Å². The first-order chi connectivity index (χ1) is 8.58. The van der Waals surface area contributed by atoms with Crippen molar-refractivity contribution < 1.29 is 9.59 Å². The Hall–Kier alpha value is -1.94. The van der Waals surface area contributed by atoms with E-state index in [2.05, 4.69) is 5.32 Å². The molecular weight excluding hydrogens is 246 g/mol. The van der Waals surface area contributed by atoms with Crippen LogP contribution in [0.2, 0.25) is 0 Å². The number of aryl methyl sites for hydroxylation is 1. The number of rotatable bonds is 3. The van der Waals surface area contributed by atoms with Crippen molar-refractivity contribution in [2.24, 2.45) is 0 Å². The maximum Gasteiger partial charge on any atom is 0.256 e. The monoisotopic (exact) mass is 259 g/mol. The number of anilines is 1. The van der Waals surface area contributed by atoms with Crippen LogP contribution in [0.25, 0.3) is 0 Å². The number of nitrogens with one attached hydrogen (secondary N) is 1. The minimum atomic E-state index is -0.144. The van der Waals surface area contributed by atoms with Gasteiger partial charge >= 0.3 is 0 Å². The quantitative estimate of drug-likeness (QED) is 0.857. The molecule has 0 atom stereocenters. The number of hydrogen-bond acceptors (Lipinski definition) is 3. The average molecular weight is 259 g/mol. The molecular formula is C14H13NO2S. The first-order valence-electron chi connectivity index (χ1n) is 5.53. The number of carbonyl (C=O) groups is 2. The predicted molar refractivity (Wildman–Crippen MR) is 73.5 cm³/mol. The number of Topliss-reactive ketones (excluding diaryl/α,β-unsaturated/α-hetero) is 1. The van der Waals surface area contributed by atoms with Crippen LogP contribution in [0.1, 0.15) is 33.2 Å². The summed E-state index contributed by atoms with van der Waals surface area (Å²) in [5, 5.41) is 6.55. The highest BCUT2D eigenvalue weighted by Crippen LogP contribution is 2.17. The van der Waals surface area contributed by atoms with Gasteiger partial charge in [0.2, 0.25) is 0 Å². The molecule has 0 spiro atoms. The van der Waals surface area contributed by atoms with E-state index in [9.17, 15) is 9.59 Å². The van der Waals surface area contributed by atoms with Crippen molar-refractivity contribution in [3.8, 4) is 0 Å². The number of benzene rings is 1. The van der Waals surface area contributed by atoms with Crippen LogP contribution < -0.4 is 5.32 Å². The first kappa shape index (κ1) is 12.5. The van der Waals surface area contributed by atoms with Crippen molar-refractivity contribution in [1.82, 2.24) is 0 Å². The standard InChI is InChI=1S/C14H13NO2S/c1-9-7-18-8-13(9)14(17)15-12-5-3-4-11(6-12)10(2)16/h3-8H,1-2H3,(H,15,17). The molecule has 1 N–H and O–H groups in total. The summed E-state index contributed by atoms with van der Waals surface area (Å²) in [5.41, 5.74) is 2.86. The van der Waals surface area contributed by atoms with Crippen molar-refractivity contribution in [3.05, 3.63) is 51.7 Å². The van der Waals surface area contributed by atoms with Crippen molar-refractivity contribution in [2.75, 3.05) is 5.32 Å². The summed E-state index contributed by atoms with van der Waals surface area (Å²) in [5.74, 6) is -0.160. The molecule has 4 heteroatoms. The third-order valence-electron chi connectivity index (χ3n) is 2.63. The molecule has 0 bridgehead atoms. The van der Waals surface area contributed by atoms with E-state index in [4.69, 9.17) is 0 Å². The number of carbonyl (C=O) groups excluding carboxylic acids is 2. The van der Waals surface area contributed by atoms with E-state index in [0.29, 0.717) is 16.8 Å². The minimum absolute atomic E-state index is 0.0159. The number of hydrogen-bond donors (Lipinski definition) is 1. The second-order valence-electron chi connectivity index (χ2n) is 4.06. The average Bonchev–Trinajstić information content (AvgIpc) is 2.76. The number of thiophene rings is 1. The molecule has 1 aromatic carbocycles. The molecule has 3 nitrogen and oxygen atoms in total. The van der Waals surface area contributed by atoms with E-state index < -0.39 is 0 Å². The summed E-state index contributed by atoms with van der Waals surface area (Å²) < 4.78 is 0. The Balaban J connectivity index is 2.20. The summed E-state index contributed by atoms with van der Waals surface area (Å²) in [6.45, 7) is 3.40. The van der Waals surface area contributed by atoms with Crippen LogP contribution in [0.3, 0.4) is 0 Å². The van der Waals surface area contributed by atoms with Gasteiger partial charge in [0.1, 0.15) is 0 Å². The van der Waals surface area contributed by atoms with E-state index in [-0.39, 0.29) is 11.7 Å². The fourth-order valence-electron chi connectivity index (χ4n) is 1.61. The van der Waals surface area contributed by atoms with Crippen LogP contribution in [-0.4, -0.2) is 11.7 Å². The lowest BCUT2D eigenvalue weighted by molar-refractivity contribution is 0.101. The fraction of sp³-hybridized carbons (Fsp3) is 0.143. The summed E-state index contributed by atoms with van der Waals surface area (Å²) in [7, 11) is 0. The van der Waals surface area contributed by atoms with Gasteiger partial charge in [-0.3, -0.25) is 9.59 Å². The Morgan fingerprint density at radius 2 is 2.00 bits per heavy atom. The van der Waals surface area contributed by atoms with Gasteiger partial charge in [-0.05, 0) is 36.9 Å². The van der Waals surface area contributed by atoms with Crippen molar-refractivity contribution >= 4 is 28.7 Å². The molecule has 0 fully saturated rings. The molecule has 92 valence electrons. The van der Waals surface area contributed by atoms with Crippen LogP contribution in [0.5, 0.6) is 0 Å². The van der Waals surface area contributed by atoms with Crippen LogP contribution in [0.15, 0.2) is 35.0 Å². The van der Waals surface area contributed by atoms with Crippen molar-refractivity contribution in [3.63, 3.8) is 0 Å². The fourth-order valence-corrected chi connectivity index (χ4v) is 2.44. The summed E-state index contributed by atoms with van der Waals surface area (Å²) in [4.78, 5) is 23.2. The van der Waals surface area contributed by atoms with E-state index in [1.54, 1.807) is 24.3 Å². The molecule has 0 saturated heterocycles. The number of ketones is 1. The van der Waals surface area contributed by atoms with Crippen molar-refractivity contribution in [2.45, 2.75) is 13.8 Å². The molecule has 0 aliphatic carbocycles. The lowest BCUT2D eigenvalue weighted by Crippen LogP contribution is -2.12. The SMILES string of the molecule is CC(=O)c1cccc(NC(=O)c2cscc2C)c1. The van der Waals surface area contributed by atoms with Gasteiger partial charge in [-0.15, -0.1) is 0 Å². The second kappa shape index (κ2) is 5.14. The Morgan fingerprint density at radius 1 is 1.22 bits per heavy atom. The van der Waals surface area contributed by atoms with Gasteiger partial charge in [-0.2, -0.15) is 11.3 Å². The first-order valence-corrected chi connectivity index (χ1v) is 6.47. The van der Waals surface area contributed by atoms with Gasteiger partial charge < -0.3 is 5.32 Å². The highest BCUT2D eigenvalue weighted by atomic mass is 32.1. The third kappa shape index (κ3) is 2.65. The molecule has 2 rings (SSSR count).